The quantitative estimate of drug-likeness (QED) is 0.183. The predicted molar refractivity (Wildman–Crippen MR) is 160 cm³/mol. The van der Waals surface area contributed by atoms with Gasteiger partial charge in [0, 0.05) is 5.56 Å². The molecular formula is C28H21Cl2IN2O5S. The molecule has 3 heterocycles. The van der Waals surface area contributed by atoms with Gasteiger partial charge in [-0.05, 0) is 90.5 Å². The van der Waals surface area contributed by atoms with E-state index >= 15 is 0 Å². The van der Waals surface area contributed by atoms with Crippen molar-refractivity contribution in [1.82, 2.24) is 4.57 Å². The Kier molecular flexibility index (Phi) is 8.04. The lowest BCUT2D eigenvalue weighted by Gasteiger charge is -2.22. The molecule has 0 aliphatic carbocycles. The highest BCUT2D eigenvalue weighted by atomic mass is 127. The first kappa shape index (κ1) is 27.7. The second-order valence-corrected chi connectivity index (χ2v) is 11.5. The van der Waals surface area contributed by atoms with Gasteiger partial charge in [0.1, 0.15) is 23.3 Å². The van der Waals surface area contributed by atoms with Gasteiger partial charge < -0.3 is 13.9 Å². The Balaban J connectivity index is 1.67. The summed E-state index contributed by atoms with van der Waals surface area (Å²) in [5, 5.41) is 0.810. The third-order valence-electron chi connectivity index (χ3n) is 6.09. The minimum atomic E-state index is -0.866. The average Bonchev–Trinajstić information content (AvgIpc) is 3.50. The van der Waals surface area contributed by atoms with E-state index in [0.29, 0.717) is 42.2 Å². The van der Waals surface area contributed by atoms with E-state index in [-0.39, 0.29) is 17.7 Å². The molecule has 4 aromatic rings. The van der Waals surface area contributed by atoms with Crippen LogP contribution in [0.5, 0.6) is 5.75 Å². The van der Waals surface area contributed by atoms with Crippen LogP contribution in [-0.4, -0.2) is 24.3 Å². The standard InChI is InChI=1S/C28H21Cl2IN2O5S/c1-4-37-27(35)24-14(2)32-28-33(26(34)23(39-28)12-15-5-8-21(36-3)19(31)11-15)25(24)22-10-9-20(38-22)16-6-7-17(29)18(30)13-16/h5-13,25H,4H2,1-3H3/b23-12-/t25-/m0/s1. The molecule has 39 heavy (non-hydrogen) atoms. The van der Waals surface area contributed by atoms with E-state index in [9.17, 15) is 9.59 Å². The highest BCUT2D eigenvalue weighted by Crippen LogP contribution is 2.35. The second kappa shape index (κ2) is 11.3. The molecule has 2 aromatic carbocycles. The monoisotopic (exact) mass is 694 g/mol. The molecule has 0 bridgehead atoms. The van der Waals surface area contributed by atoms with E-state index in [2.05, 4.69) is 27.6 Å². The van der Waals surface area contributed by atoms with E-state index in [1.165, 1.54) is 15.9 Å². The fourth-order valence-corrected chi connectivity index (χ4v) is 6.39. The van der Waals surface area contributed by atoms with Crippen LogP contribution in [0.4, 0.5) is 0 Å². The molecule has 0 unspecified atom stereocenters. The fourth-order valence-electron chi connectivity index (χ4n) is 4.29. The molecule has 2 aromatic heterocycles. The van der Waals surface area contributed by atoms with Crippen LogP contribution >= 0.6 is 57.1 Å². The first-order valence-corrected chi connectivity index (χ1v) is 14.4. The normalized spacial score (nSPS) is 15.2. The van der Waals surface area contributed by atoms with Crippen LogP contribution in [0.25, 0.3) is 17.4 Å². The molecule has 11 heteroatoms. The summed E-state index contributed by atoms with van der Waals surface area (Å²) in [6, 6.07) is 13.5. The van der Waals surface area contributed by atoms with Crippen molar-refractivity contribution in [2.75, 3.05) is 13.7 Å². The largest absolute Gasteiger partial charge is 0.496 e. The fraction of sp³-hybridized carbons (Fsp3) is 0.179. The number of rotatable bonds is 6. The second-order valence-electron chi connectivity index (χ2n) is 8.53. The van der Waals surface area contributed by atoms with Crippen LogP contribution in [-0.2, 0) is 9.53 Å². The van der Waals surface area contributed by atoms with E-state index in [0.717, 1.165) is 14.9 Å². The minimum absolute atomic E-state index is 0.176. The van der Waals surface area contributed by atoms with E-state index in [4.69, 9.17) is 37.1 Å². The summed E-state index contributed by atoms with van der Waals surface area (Å²) in [6.45, 7) is 3.63. The van der Waals surface area contributed by atoms with Gasteiger partial charge in [0.05, 0.1) is 43.1 Å². The number of ether oxygens (including phenoxy) is 2. The van der Waals surface area contributed by atoms with Crippen LogP contribution < -0.4 is 19.6 Å². The van der Waals surface area contributed by atoms with Gasteiger partial charge in [-0.2, -0.15) is 0 Å². The van der Waals surface area contributed by atoms with Crippen molar-refractivity contribution in [3.63, 3.8) is 0 Å². The third kappa shape index (κ3) is 5.32. The number of hydrogen-bond donors (Lipinski definition) is 0. The maximum absolute atomic E-state index is 13.8. The smallest absolute Gasteiger partial charge is 0.338 e. The molecule has 7 nitrogen and oxygen atoms in total. The number of thiazole rings is 1. The van der Waals surface area contributed by atoms with Gasteiger partial charge in [-0.3, -0.25) is 9.36 Å². The lowest BCUT2D eigenvalue weighted by Crippen LogP contribution is -2.39. The lowest BCUT2D eigenvalue weighted by molar-refractivity contribution is -0.139. The van der Waals surface area contributed by atoms with Gasteiger partial charge in [-0.1, -0.05) is 40.6 Å². The number of fused-ring (bicyclic) bond motifs is 1. The Labute approximate surface area is 251 Å². The van der Waals surface area contributed by atoms with Crippen molar-refractivity contribution < 1.29 is 18.7 Å². The highest BCUT2D eigenvalue weighted by Gasteiger charge is 2.35. The summed E-state index contributed by atoms with van der Waals surface area (Å²) < 4.78 is 19.8. The summed E-state index contributed by atoms with van der Waals surface area (Å²) >= 11 is 15.7. The van der Waals surface area contributed by atoms with Crippen LogP contribution in [0.2, 0.25) is 10.0 Å². The Morgan fingerprint density at radius 1 is 1.18 bits per heavy atom. The number of carbonyl (C=O) groups is 1. The minimum Gasteiger partial charge on any atom is -0.496 e. The predicted octanol–water partition coefficient (Wildman–Crippen LogP) is 5.98. The van der Waals surface area contributed by atoms with Crippen LogP contribution in [0.15, 0.2) is 74.0 Å². The zero-order chi connectivity index (χ0) is 27.8. The maximum atomic E-state index is 13.8. The van der Waals surface area contributed by atoms with Crippen molar-refractivity contribution >= 4 is 69.2 Å². The Morgan fingerprint density at radius 2 is 1.97 bits per heavy atom. The molecule has 1 atom stereocenters. The Morgan fingerprint density at radius 3 is 2.67 bits per heavy atom. The lowest BCUT2D eigenvalue weighted by atomic mass is 10.0. The summed E-state index contributed by atoms with van der Waals surface area (Å²) in [5.41, 5.74) is 1.94. The topological polar surface area (TPSA) is 83.0 Å². The van der Waals surface area contributed by atoms with Gasteiger partial charge in [0.2, 0.25) is 0 Å². The summed E-state index contributed by atoms with van der Waals surface area (Å²) in [7, 11) is 1.61. The Bertz CT molecular complexity index is 1820. The van der Waals surface area contributed by atoms with Gasteiger partial charge in [-0.15, -0.1) is 0 Å². The zero-order valence-corrected chi connectivity index (χ0v) is 25.4. The van der Waals surface area contributed by atoms with Crippen molar-refractivity contribution in [2.45, 2.75) is 19.9 Å². The third-order valence-corrected chi connectivity index (χ3v) is 8.66. The molecule has 0 radical (unpaired) electrons. The summed E-state index contributed by atoms with van der Waals surface area (Å²) in [6.07, 6.45) is 1.80. The number of esters is 1. The first-order chi connectivity index (χ1) is 18.7. The molecule has 1 aliphatic heterocycles. The number of benzene rings is 2. The number of halogens is 3. The number of aromatic nitrogens is 1. The average molecular weight is 695 g/mol. The summed E-state index contributed by atoms with van der Waals surface area (Å²) in [5.74, 6) is 1.09. The molecule has 0 saturated carbocycles. The van der Waals surface area contributed by atoms with Crippen LogP contribution in [0.1, 0.15) is 31.2 Å². The molecule has 0 spiro atoms. The number of nitrogens with zero attached hydrogens (tertiary/aromatic N) is 2. The first-order valence-electron chi connectivity index (χ1n) is 11.8. The van der Waals surface area contributed by atoms with E-state index < -0.39 is 12.0 Å². The SMILES string of the molecule is CCOC(=O)C1=C(C)N=c2s/c(=C\c3ccc(OC)c(I)c3)c(=O)n2[C@H]1c1ccc(-c2ccc(Cl)c(Cl)c2)o1. The number of hydrogen-bond acceptors (Lipinski definition) is 7. The highest BCUT2D eigenvalue weighted by molar-refractivity contribution is 14.1. The van der Waals surface area contributed by atoms with Gasteiger partial charge in [0.15, 0.2) is 4.80 Å². The maximum Gasteiger partial charge on any atom is 0.338 e. The molecular weight excluding hydrogens is 674 g/mol. The number of carbonyl (C=O) groups excluding carboxylic acids is 1. The van der Waals surface area contributed by atoms with Gasteiger partial charge in [0.25, 0.3) is 5.56 Å². The summed E-state index contributed by atoms with van der Waals surface area (Å²) in [4.78, 5) is 32.0. The Hall–Kier alpha value is -2.86. The molecule has 0 fully saturated rings. The molecule has 0 amide bonds. The molecule has 0 N–H and O–H groups in total. The van der Waals surface area contributed by atoms with Crippen LogP contribution in [0.3, 0.4) is 0 Å². The van der Waals surface area contributed by atoms with Crippen molar-refractivity contribution in [3.8, 4) is 17.1 Å². The van der Waals surface area contributed by atoms with Crippen LogP contribution in [0, 0.1) is 3.57 Å². The zero-order valence-electron chi connectivity index (χ0n) is 21.0. The molecule has 0 saturated heterocycles. The van der Waals surface area contributed by atoms with Gasteiger partial charge >= 0.3 is 5.97 Å². The molecule has 1 aliphatic rings. The number of methoxy groups -OCH3 is 1. The van der Waals surface area contributed by atoms with E-state index in [1.54, 1.807) is 57.4 Å². The van der Waals surface area contributed by atoms with Crippen molar-refractivity contribution in [1.29, 1.82) is 0 Å². The number of allylic oxidation sites excluding steroid dienone is 1. The number of furan rings is 1. The molecule has 5 rings (SSSR count). The molecule has 200 valence electrons. The van der Waals surface area contributed by atoms with Crippen molar-refractivity contribution in [2.24, 2.45) is 4.99 Å². The van der Waals surface area contributed by atoms with E-state index in [1.807, 2.05) is 18.2 Å². The van der Waals surface area contributed by atoms with Gasteiger partial charge in [-0.25, -0.2) is 9.79 Å². The van der Waals surface area contributed by atoms with Crippen molar-refractivity contribution in [3.05, 3.63) is 104 Å².